The molecule has 0 unspecified atom stereocenters. The summed E-state index contributed by atoms with van der Waals surface area (Å²) in [5.74, 6) is -1.27. The zero-order valence-electron chi connectivity index (χ0n) is 10.8. The van der Waals surface area contributed by atoms with Crippen molar-refractivity contribution in [2.45, 2.75) is 6.54 Å². The van der Waals surface area contributed by atoms with E-state index < -0.39 is 5.97 Å². The lowest BCUT2D eigenvalue weighted by Gasteiger charge is -2.08. The number of carboxylic acid groups (broad SMARTS) is 1. The van der Waals surface area contributed by atoms with Gasteiger partial charge in [-0.3, -0.25) is 4.79 Å². The number of carboxylic acids is 1. The Kier molecular flexibility index (Phi) is 4.54. The van der Waals surface area contributed by atoms with Gasteiger partial charge in [0, 0.05) is 19.9 Å². The van der Waals surface area contributed by atoms with Crippen LogP contribution in [0.3, 0.4) is 0 Å². The van der Waals surface area contributed by atoms with E-state index in [4.69, 9.17) is 9.84 Å². The Labute approximate surface area is 119 Å². The van der Waals surface area contributed by atoms with Crippen LogP contribution in [0.4, 0.5) is 5.00 Å². The summed E-state index contributed by atoms with van der Waals surface area (Å²) in [4.78, 5) is 23.1. The second kappa shape index (κ2) is 6.36. The minimum absolute atomic E-state index is 0.190. The Balaban J connectivity index is 2.07. The van der Waals surface area contributed by atoms with E-state index in [0.717, 1.165) is 11.3 Å². The van der Waals surface area contributed by atoms with Crippen LogP contribution in [0, 0.1) is 0 Å². The lowest BCUT2D eigenvalue weighted by Crippen LogP contribution is -2.17. The van der Waals surface area contributed by atoms with Crippen LogP contribution >= 0.6 is 11.3 Å². The summed E-state index contributed by atoms with van der Waals surface area (Å²) >= 11 is 1.02. The number of carbonyl (C=O) groups is 2. The van der Waals surface area contributed by atoms with E-state index in [1.807, 2.05) is 0 Å². The van der Waals surface area contributed by atoms with Crippen LogP contribution in [0.2, 0.25) is 0 Å². The summed E-state index contributed by atoms with van der Waals surface area (Å²) in [6.07, 6.45) is 1.80. The average molecular weight is 294 g/mol. The zero-order chi connectivity index (χ0) is 14.5. The van der Waals surface area contributed by atoms with Gasteiger partial charge in [0.1, 0.15) is 10.6 Å². The number of carbonyl (C=O) groups excluding carboxylic acids is 1. The number of nitrogens with one attached hydrogen (secondary N) is 1. The number of aromatic nitrogens is 1. The van der Waals surface area contributed by atoms with Crippen molar-refractivity contribution in [1.82, 2.24) is 4.57 Å². The molecule has 106 valence electrons. The summed E-state index contributed by atoms with van der Waals surface area (Å²) in [6.45, 7) is 1.09. The number of anilines is 1. The van der Waals surface area contributed by atoms with E-state index in [1.165, 1.54) is 6.07 Å². The summed E-state index contributed by atoms with van der Waals surface area (Å²) < 4.78 is 6.76. The van der Waals surface area contributed by atoms with E-state index in [-0.39, 0.29) is 10.8 Å². The smallest absolute Gasteiger partial charge is 0.345 e. The number of amides is 1. The molecule has 2 rings (SSSR count). The van der Waals surface area contributed by atoms with Crippen LogP contribution in [0.5, 0.6) is 0 Å². The third kappa shape index (κ3) is 3.25. The van der Waals surface area contributed by atoms with Gasteiger partial charge in [-0.25, -0.2) is 4.79 Å². The van der Waals surface area contributed by atoms with Crippen LogP contribution in [-0.4, -0.2) is 35.3 Å². The van der Waals surface area contributed by atoms with Crippen LogP contribution in [0.15, 0.2) is 30.5 Å². The van der Waals surface area contributed by atoms with Gasteiger partial charge in [0.2, 0.25) is 0 Å². The molecular weight excluding hydrogens is 280 g/mol. The summed E-state index contributed by atoms with van der Waals surface area (Å²) in [7, 11) is 1.60. The van der Waals surface area contributed by atoms with Gasteiger partial charge in [0.25, 0.3) is 5.91 Å². The SMILES string of the molecule is COCCn1cccc1C(=O)Nc1ccc(C(=O)O)s1. The van der Waals surface area contributed by atoms with Crippen LogP contribution in [0.25, 0.3) is 0 Å². The van der Waals surface area contributed by atoms with Crippen LogP contribution in [-0.2, 0) is 11.3 Å². The zero-order valence-corrected chi connectivity index (χ0v) is 11.6. The Morgan fingerprint density at radius 1 is 1.40 bits per heavy atom. The highest BCUT2D eigenvalue weighted by atomic mass is 32.1. The van der Waals surface area contributed by atoms with E-state index >= 15 is 0 Å². The number of hydrogen-bond donors (Lipinski definition) is 2. The summed E-state index contributed by atoms with van der Waals surface area (Å²) in [5, 5.41) is 12.0. The van der Waals surface area contributed by atoms with Crippen molar-refractivity contribution in [2.75, 3.05) is 19.0 Å². The minimum Gasteiger partial charge on any atom is -0.477 e. The summed E-state index contributed by atoms with van der Waals surface area (Å²) in [6, 6.07) is 6.53. The van der Waals surface area contributed by atoms with Gasteiger partial charge in [0.05, 0.1) is 11.6 Å². The molecule has 2 aromatic heterocycles. The maximum absolute atomic E-state index is 12.1. The second-order valence-corrected chi connectivity index (χ2v) is 5.09. The lowest BCUT2D eigenvalue weighted by molar-refractivity contribution is 0.0702. The highest BCUT2D eigenvalue weighted by molar-refractivity contribution is 7.18. The van der Waals surface area contributed by atoms with Gasteiger partial charge in [-0.1, -0.05) is 0 Å². The topological polar surface area (TPSA) is 80.6 Å². The Morgan fingerprint density at radius 2 is 2.20 bits per heavy atom. The minimum atomic E-state index is -1.00. The molecule has 0 aliphatic heterocycles. The molecule has 0 atom stereocenters. The molecule has 2 N–H and O–H groups in total. The molecule has 0 aliphatic rings. The summed E-state index contributed by atoms with van der Waals surface area (Å²) in [5.41, 5.74) is 0.507. The fourth-order valence-corrected chi connectivity index (χ4v) is 2.44. The first-order valence-electron chi connectivity index (χ1n) is 5.90. The number of rotatable bonds is 6. The van der Waals surface area contributed by atoms with Crippen molar-refractivity contribution in [2.24, 2.45) is 0 Å². The molecule has 0 aliphatic carbocycles. The molecule has 0 saturated carbocycles. The number of nitrogens with zero attached hydrogens (tertiary/aromatic N) is 1. The Hall–Kier alpha value is -2.12. The number of ether oxygens (including phenoxy) is 1. The second-order valence-electron chi connectivity index (χ2n) is 4.00. The first-order chi connectivity index (χ1) is 9.61. The van der Waals surface area contributed by atoms with E-state index in [0.29, 0.717) is 23.8 Å². The predicted octanol–water partition coefficient (Wildman–Crippen LogP) is 2.15. The molecule has 0 spiro atoms. The van der Waals surface area contributed by atoms with Gasteiger partial charge in [0.15, 0.2) is 0 Å². The average Bonchev–Trinajstić information content (AvgIpc) is 3.04. The Bertz CT molecular complexity index is 617. The molecule has 0 saturated heterocycles. The predicted molar refractivity (Wildman–Crippen MR) is 75.5 cm³/mol. The molecular formula is C13H14N2O4S. The fourth-order valence-electron chi connectivity index (χ4n) is 1.70. The number of hydrogen-bond acceptors (Lipinski definition) is 4. The van der Waals surface area contributed by atoms with E-state index in [9.17, 15) is 9.59 Å². The van der Waals surface area contributed by atoms with E-state index in [2.05, 4.69) is 5.32 Å². The highest BCUT2D eigenvalue weighted by Crippen LogP contribution is 2.22. The first-order valence-corrected chi connectivity index (χ1v) is 6.72. The number of aromatic carboxylic acids is 1. The maximum atomic E-state index is 12.1. The van der Waals surface area contributed by atoms with Crippen LogP contribution < -0.4 is 5.32 Å². The molecule has 0 radical (unpaired) electrons. The third-order valence-electron chi connectivity index (χ3n) is 2.65. The molecule has 0 bridgehead atoms. The molecule has 1 amide bonds. The van der Waals surface area contributed by atoms with E-state index in [1.54, 1.807) is 36.1 Å². The normalized spacial score (nSPS) is 10.4. The third-order valence-corrected chi connectivity index (χ3v) is 3.64. The molecule has 2 aromatic rings. The Morgan fingerprint density at radius 3 is 2.85 bits per heavy atom. The fraction of sp³-hybridized carbons (Fsp3) is 0.231. The largest absolute Gasteiger partial charge is 0.477 e. The van der Waals surface area contributed by atoms with Gasteiger partial charge in [-0.2, -0.15) is 0 Å². The van der Waals surface area contributed by atoms with Crippen molar-refractivity contribution >= 4 is 28.2 Å². The first kappa shape index (κ1) is 14.3. The van der Waals surface area contributed by atoms with Crippen LogP contribution in [0.1, 0.15) is 20.2 Å². The molecule has 20 heavy (non-hydrogen) atoms. The monoisotopic (exact) mass is 294 g/mol. The van der Waals surface area contributed by atoms with Gasteiger partial charge in [-0.05, 0) is 24.3 Å². The van der Waals surface area contributed by atoms with Gasteiger partial charge >= 0.3 is 5.97 Å². The standard InChI is InChI=1S/C13H14N2O4S/c1-19-8-7-15-6-2-3-9(15)12(16)14-11-5-4-10(20-11)13(17)18/h2-6H,7-8H2,1H3,(H,14,16)(H,17,18). The highest BCUT2D eigenvalue weighted by Gasteiger charge is 2.13. The van der Waals surface area contributed by atoms with Crippen molar-refractivity contribution in [1.29, 1.82) is 0 Å². The van der Waals surface area contributed by atoms with Crippen molar-refractivity contribution < 1.29 is 19.4 Å². The lowest BCUT2D eigenvalue weighted by atomic mass is 10.4. The molecule has 0 fully saturated rings. The maximum Gasteiger partial charge on any atom is 0.345 e. The quantitative estimate of drug-likeness (QED) is 0.855. The number of methoxy groups -OCH3 is 1. The molecule has 7 heteroatoms. The van der Waals surface area contributed by atoms with Crippen molar-refractivity contribution in [3.05, 3.63) is 41.0 Å². The molecule has 0 aromatic carbocycles. The van der Waals surface area contributed by atoms with Crippen molar-refractivity contribution in [3.63, 3.8) is 0 Å². The molecule has 6 nitrogen and oxygen atoms in total. The van der Waals surface area contributed by atoms with Gasteiger partial charge in [-0.15, -0.1) is 11.3 Å². The van der Waals surface area contributed by atoms with Gasteiger partial charge < -0.3 is 19.7 Å². The number of thiophene rings is 1. The van der Waals surface area contributed by atoms with Crippen molar-refractivity contribution in [3.8, 4) is 0 Å². The molecule has 2 heterocycles.